The van der Waals surface area contributed by atoms with Crippen LogP contribution in [-0.4, -0.2) is 17.8 Å². The minimum atomic E-state index is -4.21. The van der Waals surface area contributed by atoms with Crippen molar-refractivity contribution in [2.75, 3.05) is 7.05 Å². The van der Waals surface area contributed by atoms with Gasteiger partial charge in [0.25, 0.3) is 0 Å². The molecule has 0 aliphatic carbocycles. The number of halogens is 5. The number of hydrogen-bond acceptors (Lipinski definition) is 1. The molecule has 0 bridgehead atoms. The fourth-order valence-corrected chi connectivity index (χ4v) is 3.29. The summed E-state index contributed by atoms with van der Waals surface area (Å²) in [7, 11) is 1.72. The number of nitrogens with zero attached hydrogens (tertiary/aromatic N) is 2. The zero-order chi connectivity index (χ0) is 24.9. The lowest BCUT2D eigenvalue weighted by atomic mass is 10.1. The standard InChI is InChI=1S/C19H16F2N2.C8H7F3/c1-13(7-9-22-2)15-4-3-14-8-10-23(19(14)11-15)18-6-5-16(20)12-17(18)21;1-6-2-4-7(5-3-6)8(9,10)11/h3-12H,1-2H3;2-5H,1H3/b13-7+,22-9?;. The van der Waals surface area contributed by atoms with Gasteiger partial charge in [-0.3, -0.25) is 4.99 Å². The summed E-state index contributed by atoms with van der Waals surface area (Å²) in [6.45, 7) is 3.74. The van der Waals surface area contributed by atoms with Crippen LogP contribution in [0.15, 0.2) is 84.0 Å². The van der Waals surface area contributed by atoms with E-state index in [0.29, 0.717) is 5.69 Å². The third-order valence-corrected chi connectivity index (χ3v) is 5.17. The van der Waals surface area contributed by atoms with Crippen molar-refractivity contribution in [1.29, 1.82) is 0 Å². The third kappa shape index (κ3) is 5.98. The fourth-order valence-electron chi connectivity index (χ4n) is 3.29. The third-order valence-electron chi connectivity index (χ3n) is 5.17. The molecule has 0 unspecified atom stereocenters. The Morgan fingerprint density at radius 3 is 2.24 bits per heavy atom. The van der Waals surface area contributed by atoms with Gasteiger partial charge in [0, 0.05) is 25.5 Å². The predicted octanol–water partition coefficient (Wildman–Crippen LogP) is 8.03. The van der Waals surface area contributed by atoms with Crippen molar-refractivity contribution in [3.63, 3.8) is 0 Å². The summed E-state index contributed by atoms with van der Waals surface area (Å²) in [6.07, 6.45) is 1.23. The lowest BCUT2D eigenvalue weighted by Crippen LogP contribution is -2.03. The van der Waals surface area contributed by atoms with Gasteiger partial charge in [-0.1, -0.05) is 29.8 Å². The van der Waals surface area contributed by atoms with E-state index in [1.807, 2.05) is 37.3 Å². The zero-order valence-corrected chi connectivity index (χ0v) is 18.9. The summed E-state index contributed by atoms with van der Waals surface area (Å²) in [5, 5.41) is 0.995. The molecule has 176 valence electrons. The van der Waals surface area contributed by atoms with Crippen molar-refractivity contribution < 1.29 is 22.0 Å². The van der Waals surface area contributed by atoms with Gasteiger partial charge in [-0.25, -0.2) is 8.78 Å². The highest BCUT2D eigenvalue weighted by Gasteiger charge is 2.29. The average molecular weight is 470 g/mol. The van der Waals surface area contributed by atoms with E-state index in [0.717, 1.165) is 45.8 Å². The van der Waals surface area contributed by atoms with Gasteiger partial charge in [-0.2, -0.15) is 13.2 Å². The molecule has 1 aromatic heterocycles. The minimum absolute atomic E-state index is 0.329. The highest BCUT2D eigenvalue weighted by molar-refractivity contribution is 5.89. The highest BCUT2D eigenvalue weighted by Crippen LogP contribution is 2.29. The van der Waals surface area contributed by atoms with Gasteiger partial charge in [-0.05, 0) is 72.8 Å². The van der Waals surface area contributed by atoms with Crippen LogP contribution < -0.4 is 0 Å². The van der Waals surface area contributed by atoms with Crippen LogP contribution in [0.4, 0.5) is 22.0 Å². The first kappa shape index (κ1) is 24.9. The summed E-state index contributed by atoms with van der Waals surface area (Å²) in [4.78, 5) is 3.95. The summed E-state index contributed by atoms with van der Waals surface area (Å²) < 4.78 is 64.7. The van der Waals surface area contributed by atoms with Crippen LogP contribution in [-0.2, 0) is 6.18 Å². The number of fused-ring (bicyclic) bond motifs is 1. The number of aromatic nitrogens is 1. The Morgan fingerprint density at radius 1 is 0.912 bits per heavy atom. The van der Waals surface area contributed by atoms with Gasteiger partial charge in [0.2, 0.25) is 0 Å². The molecule has 2 nitrogen and oxygen atoms in total. The van der Waals surface area contributed by atoms with E-state index in [1.165, 1.54) is 24.3 Å². The number of rotatable bonds is 3. The molecule has 0 saturated heterocycles. The normalized spacial score (nSPS) is 12.2. The van der Waals surface area contributed by atoms with E-state index in [1.54, 1.807) is 30.9 Å². The molecule has 7 heteroatoms. The smallest absolute Gasteiger partial charge is 0.314 e. The maximum atomic E-state index is 14.1. The van der Waals surface area contributed by atoms with Gasteiger partial charge < -0.3 is 4.57 Å². The van der Waals surface area contributed by atoms with Crippen LogP contribution in [0.3, 0.4) is 0 Å². The topological polar surface area (TPSA) is 17.3 Å². The van der Waals surface area contributed by atoms with E-state index in [2.05, 4.69) is 4.99 Å². The second kappa shape index (κ2) is 10.5. The molecule has 0 aliphatic rings. The molecule has 0 saturated carbocycles. The molecule has 0 radical (unpaired) electrons. The number of allylic oxidation sites excluding steroid dienone is 2. The second-order valence-corrected chi connectivity index (χ2v) is 7.68. The van der Waals surface area contributed by atoms with Crippen LogP contribution in [0.25, 0.3) is 22.2 Å². The lowest BCUT2D eigenvalue weighted by Gasteiger charge is -2.08. The Balaban J connectivity index is 0.000000248. The van der Waals surface area contributed by atoms with Crippen molar-refractivity contribution in [2.45, 2.75) is 20.0 Å². The number of benzene rings is 3. The lowest BCUT2D eigenvalue weighted by molar-refractivity contribution is -0.137. The Morgan fingerprint density at radius 2 is 1.62 bits per heavy atom. The molecule has 0 fully saturated rings. The van der Waals surface area contributed by atoms with Crippen molar-refractivity contribution in [1.82, 2.24) is 4.57 Å². The molecule has 0 N–H and O–H groups in total. The van der Waals surface area contributed by atoms with Crippen LogP contribution >= 0.6 is 0 Å². The quantitative estimate of drug-likeness (QED) is 0.213. The molecule has 1 heterocycles. The second-order valence-electron chi connectivity index (χ2n) is 7.68. The van der Waals surface area contributed by atoms with Crippen molar-refractivity contribution in [3.8, 4) is 5.69 Å². The van der Waals surface area contributed by atoms with E-state index in [-0.39, 0.29) is 0 Å². The number of aliphatic imine (C=N–C) groups is 1. The van der Waals surface area contributed by atoms with Crippen molar-refractivity contribution >= 4 is 22.7 Å². The van der Waals surface area contributed by atoms with Gasteiger partial charge in [0.05, 0.1) is 16.8 Å². The van der Waals surface area contributed by atoms with E-state index >= 15 is 0 Å². The molecule has 3 aromatic carbocycles. The number of hydrogen-bond donors (Lipinski definition) is 0. The molecule has 4 aromatic rings. The molecule has 34 heavy (non-hydrogen) atoms. The van der Waals surface area contributed by atoms with Gasteiger partial charge >= 0.3 is 6.18 Å². The van der Waals surface area contributed by atoms with Gasteiger partial charge in [0.1, 0.15) is 11.6 Å². The maximum Gasteiger partial charge on any atom is 0.416 e. The number of alkyl halides is 3. The van der Waals surface area contributed by atoms with E-state index < -0.39 is 23.4 Å². The number of aryl methyl sites for hydroxylation is 1. The molecule has 4 rings (SSSR count). The SMILES string of the molecule is CN=C/C=C(\C)c1ccc2ccn(-c3ccc(F)cc3F)c2c1.Cc1ccc(C(F)(F)F)cc1. The van der Waals surface area contributed by atoms with Crippen LogP contribution in [0.5, 0.6) is 0 Å². The molecule has 0 atom stereocenters. The van der Waals surface area contributed by atoms with Crippen LogP contribution in [0, 0.1) is 18.6 Å². The van der Waals surface area contributed by atoms with Crippen molar-refractivity contribution in [2.24, 2.45) is 4.99 Å². The largest absolute Gasteiger partial charge is 0.416 e. The van der Waals surface area contributed by atoms with Crippen LogP contribution in [0.2, 0.25) is 0 Å². The zero-order valence-electron chi connectivity index (χ0n) is 18.9. The Labute approximate surface area is 194 Å². The molecular formula is C27H23F5N2. The monoisotopic (exact) mass is 470 g/mol. The predicted molar refractivity (Wildman–Crippen MR) is 127 cm³/mol. The first-order chi connectivity index (χ1) is 16.1. The fraction of sp³-hybridized carbons (Fsp3) is 0.148. The maximum absolute atomic E-state index is 14.1. The first-order valence-electron chi connectivity index (χ1n) is 10.4. The van der Waals surface area contributed by atoms with Gasteiger partial charge in [0.15, 0.2) is 0 Å². The summed E-state index contributed by atoms with van der Waals surface area (Å²) in [5.74, 6) is -1.17. The molecular weight excluding hydrogens is 447 g/mol. The Hall–Kier alpha value is -3.74. The van der Waals surface area contributed by atoms with E-state index in [4.69, 9.17) is 0 Å². The summed E-state index contributed by atoms with van der Waals surface area (Å²) in [6, 6.07) is 16.6. The highest BCUT2D eigenvalue weighted by atomic mass is 19.4. The Bertz CT molecular complexity index is 1330. The first-order valence-corrected chi connectivity index (χ1v) is 10.4. The van der Waals surface area contributed by atoms with Crippen LogP contribution in [0.1, 0.15) is 23.6 Å². The molecule has 0 spiro atoms. The summed E-state index contributed by atoms with van der Waals surface area (Å²) >= 11 is 0. The molecule has 0 amide bonds. The summed E-state index contributed by atoms with van der Waals surface area (Å²) in [5.41, 5.74) is 3.52. The van der Waals surface area contributed by atoms with Crippen molar-refractivity contribution in [3.05, 3.63) is 107 Å². The average Bonchev–Trinajstić information content (AvgIpc) is 3.20. The Kier molecular flexibility index (Phi) is 7.66. The van der Waals surface area contributed by atoms with E-state index in [9.17, 15) is 22.0 Å². The minimum Gasteiger partial charge on any atom is -0.314 e. The van der Waals surface area contributed by atoms with Gasteiger partial charge in [-0.15, -0.1) is 0 Å². The molecule has 0 aliphatic heterocycles.